The number of hydrogen-bond acceptors (Lipinski definition) is 2. The highest BCUT2D eigenvalue weighted by molar-refractivity contribution is 5.46. The van der Waals surface area contributed by atoms with Crippen LogP contribution in [0, 0.1) is 0 Å². The van der Waals surface area contributed by atoms with Crippen molar-refractivity contribution in [1.29, 1.82) is 0 Å². The monoisotopic (exact) mass is 141 g/mol. The molecule has 0 fully saturated rings. The Kier molecular flexibility index (Phi) is 3.05. The zero-order chi connectivity index (χ0) is 7.33. The van der Waals surface area contributed by atoms with Gasteiger partial charge in [0.15, 0.2) is 6.40 Å². The van der Waals surface area contributed by atoms with Crippen LogP contribution in [0.15, 0.2) is 4.99 Å². The maximum Gasteiger partial charge on any atom is 0.505 e. The minimum absolute atomic E-state index is 0.194. The molecule has 0 N–H and O–H groups in total. The van der Waals surface area contributed by atoms with E-state index in [0.29, 0.717) is 6.40 Å². The van der Waals surface area contributed by atoms with Crippen molar-refractivity contribution in [2.45, 2.75) is 13.2 Å². The molecule has 0 unspecified atom stereocenters. The Balaban J connectivity index is 3.45. The van der Waals surface area contributed by atoms with Crippen LogP contribution in [0.25, 0.3) is 0 Å². The molecule has 0 aromatic heterocycles. The van der Waals surface area contributed by atoms with Gasteiger partial charge in [0, 0.05) is 0 Å². The van der Waals surface area contributed by atoms with Crippen LogP contribution >= 0.6 is 0 Å². The molecule has 2 nitrogen and oxygen atoms in total. The Bertz CT molecular complexity index is 98.5. The SMILES string of the molecule is CCOC=NC(F)(F)F. The lowest BCUT2D eigenvalue weighted by Crippen LogP contribution is -2.03. The summed E-state index contributed by atoms with van der Waals surface area (Å²) in [6, 6.07) is 0. The smallest absolute Gasteiger partial charge is 0.483 e. The van der Waals surface area contributed by atoms with E-state index >= 15 is 0 Å². The molecule has 0 saturated heterocycles. The Hall–Kier alpha value is -0.740. The summed E-state index contributed by atoms with van der Waals surface area (Å²) < 4.78 is 37.5. The van der Waals surface area contributed by atoms with Crippen molar-refractivity contribution in [1.82, 2.24) is 0 Å². The molecule has 0 aliphatic rings. The van der Waals surface area contributed by atoms with E-state index in [2.05, 4.69) is 9.73 Å². The van der Waals surface area contributed by atoms with Crippen molar-refractivity contribution < 1.29 is 17.9 Å². The van der Waals surface area contributed by atoms with Crippen LogP contribution in [-0.2, 0) is 4.74 Å². The lowest BCUT2D eigenvalue weighted by molar-refractivity contribution is -0.120. The predicted octanol–water partition coefficient (Wildman–Crippen LogP) is 1.57. The largest absolute Gasteiger partial charge is 0.505 e. The fourth-order valence-corrected chi connectivity index (χ4v) is 0.172. The van der Waals surface area contributed by atoms with E-state index in [0.717, 1.165) is 0 Å². The highest BCUT2D eigenvalue weighted by Crippen LogP contribution is 2.14. The average Bonchev–Trinajstić information content (AvgIpc) is 1.63. The van der Waals surface area contributed by atoms with Crippen molar-refractivity contribution >= 4 is 6.40 Å². The number of halogens is 3. The molecule has 0 rings (SSSR count). The molecule has 0 spiro atoms. The number of alkyl halides is 3. The molecule has 0 radical (unpaired) electrons. The summed E-state index contributed by atoms with van der Waals surface area (Å²) in [4.78, 5) is 2.10. The normalized spacial score (nSPS) is 12.4. The third kappa shape index (κ3) is 7.26. The molecule has 0 saturated carbocycles. The number of rotatable bonds is 2. The van der Waals surface area contributed by atoms with Gasteiger partial charge in [-0.15, -0.1) is 13.2 Å². The molecule has 9 heavy (non-hydrogen) atoms. The topological polar surface area (TPSA) is 21.6 Å². The highest BCUT2D eigenvalue weighted by Gasteiger charge is 2.24. The zero-order valence-electron chi connectivity index (χ0n) is 4.77. The maximum atomic E-state index is 11.1. The summed E-state index contributed by atoms with van der Waals surface area (Å²) in [5.41, 5.74) is 0. The molecular weight excluding hydrogens is 135 g/mol. The second kappa shape index (κ2) is 3.32. The van der Waals surface area contributed by atoms with Gasteiger partial charge in [0.2, 0.25) is 0 Å². The van der Waals surface area contributed by atoms with Crippen LogP contribution in [0.3, 0.4) is 0 Å². The van der Waals surface area contributed by atoms with E-state index in [1.54, 1.807) is 6.92 Å². The average molecular weight is 141 g/mol. The van der Waals surface area contributed by atoms with E-state index in [1.807, 2.05) is 0 Å². The third-order valence-electron chi connectivity index (χ3n) is 0.440. The van der Waals surface area contributed by atoms with Gasteiger partial charge in [0.1, 0.15) is 0 Å². The molecule has 0 aromatic rings. The van der Waals surface area contributed by atoms with E-state index in [1.165, 1.54) is 0 Å². The molecular formula is C4H6F3NO. The van der Waals surface area contributed by atoms with Crippen molar-refractivity contribution in [2.75, 3.05) is 6.61 Å². The second-order valence-corrected chi connectivity index (χ2v) is 1.16. The second-order valence-electron chi connectivity index (χ2n) is 1.16. The maximum absolute atomic E-state index is 11.1. The molecule has 0 aromatic carbocycles. The van der Waals surface area contributed by atoms with Gasteiger partial charge in [-0.3, -0.25) is 0 Å². The van der Waals surface area contributed by atoms with Crippen LogP contribution in [0.2, 0.25) is 0 Å². The van der Waals surface area contributed by atoms with Crippen LogP contribution < -0.4 is 0 Å². The lowest BCUT2D eigenvalue weighted by Gasteiger charge is -1.95. The number of nitrogens with zero attached hydrogens (tertiary/aromatic N) is 1. The van der Waals surface area contributed by atoms with Gasteiger partial charge in [0.05, 0.1) is 6.61 Å². The molecule has 0 atom stereocenters. The van der Waals surface area contributed by atoms with Crippen LogP contribution in [0.1, 0.15) is 6.92 Å². The van der Waals surface area contributed by atoms with E-state index in [9.17, 15) is 13.2 Å². The minimum Gasteiger partial charge on any atom is -0.483 e. The molecule has 54 valence electrons. The van der Waals surface area contributed by atoms with Crippen molar-refractivity contribution in [3.8, 4) is 0 Å². The number of hydrogen-bond donors (Lipinski definition) is 0. The Morgan fingerprint density at radius 3 is 2.44 bits per heavy atom. The first-order valence-electron chi connectivity index (χ1n) is 2.28. The molecule has 0 heterocycles. The zero-order valence-corrected chi connectivity index (χ0v) is 4.77. The van der Waals surface area contributed by atoms with Crippen LogP contribution in [0.4, 0.5) is 13.2 Å². The summed E-state index contributed by atoms with van der Waals surface area (Å²) in [6.45, 7) is 1.77. The highest BCUT2D eigenvalue weighted by atomic mass is 19.4. The quantitative estimate of drug-likeness (QED) is 0.325. The standard InChI is InChI=1S/C4H6F3NO/c1-2-9-3-8-4(5,6)7/h3H,2H2,1H3. The Labute approximate surface area is 50.3 Å². The third-order valence-corrected chi connectivity index (χ3v) is 0.440. The molecule has 0 amide bonds. The summed E-state index contributed by atoms with van der Waals surface area (Å²) >= 11 is 0. The molecule has 0 aliphatic carbocycles. The van der Waals surface area contributed by atoms with Crippen LogP contribution in [0.5, 0.6) is 0 Å². The summed E-state index contributed by atoms with van der Waals surface area (Å²) in [7, 11) is 0. The van der Waals surface area contributed by atoms with E-state index < -0.39 is 6.30 Å². The fraction of sp³-hybridized carbons (Fsp3) is 0.750. The van der Waals surface area contributed by atoms with Crippen molar-refractivity contribution in [3.63, 3.8) is 0 Å². The Morgan fingerprint density at radius 2 is 2.11 bits per heavy atom. The van der Waals surface area contributed by atoms with Gasteiger partial charge in [0.25, 0.3) is 0 Å². The van der Waals surface area contributed by atoms with E-state index in [4.69, 9.17) is 0 Å². The van der Waals surface area contributed by atoms with Crippen molar-refractivity contribution in [3.05, 3.63) is 0 Å². The van der Waals surface area contributed by atoms with Gasteiger partial charge in [-0.25, -0.2) is 0 Å². The van der Waals surface area contributed by atoms with Crippen LogP contribution in [-0.4, -0.2) is 19.3 Å². The lowest BCUT2D eigenvalue weighted by atomic mass is 10.9. The Morgan fingerprint density at radius 1 is 1.56 bits per heavy atom. The summed E-state index contributed by atoms with van der Waals surface area (Å²) in [5.74, 6) is 0. The summed E-state index contributed by atoms with van der Waals surface area (Å²) in [5, 5.41) is 0. The summed E-state index contributed by atoms with van der Waals surface area (Å²) in [6.07, 6.45) is -4.12. The number of ether oxygens (including phenoxy) is 1. The molecule has 5 heteroatoms. The van der Waals surface area contributed by atoms with Gasteiger partial charge < -0.3 is 4.74 Å². The predicted molar refractivity (Wildman–Crippen MR) is 26.2 cm³/mol. The van der Waals surface area contributed by atoms with Gasteiger partial charge in [-0.2, -0.15) is 4.99 Å². The first-order chi connectivity index (χ1) is 4.06. The first kappa shape index (κ1) is 8.26. The van der Waals surface area contributed by atoms with Gasteiger partial charge >= 0.3 is 6.30 Å². The molecule has 0 bridgehead atoms. The van der Waals surface area contributed by atoms with Gasteiger partial charge in [-0.05, 0) is 6.92 Å². The van der Waals surface area contributed by atoms with Crippen molar-refractivity contribution in [2.24, 2.45) is 4.99 Å². The fourth-order valence-electron chi connectivity index (χ4n) is 0.172. The van der Waals surface area contributed by atoms with E-state index in [-0.39, 0.29) is 6.61 Å². The minimum atomic E-state index is -4.50. The number of aliphatic imine (C=N–C) groups is 1. The first-order valence-corrected chi connectivity index (χ1v) is 2.28. The van der Waals surface area contributed by atoms with Gasteiger partial charge in [-0.1, -0.05) is 0 Å². The molecule has 0 aliphatic heterocycles.